The average molecular weight is 229 g/mol. The lowest BCUT2D eigenvalue weighted by molar-refractivity contribution is 0.0598. The van der Waals surface area contributed by atoms with Crippen LogP contribution in [0.15, 0.2) is 5.03 Å². The summed E-state index contributed by atoms with van der Waals surface area (Å²) >= 11 is 1.51. The van der Waals surface area contributed by atoms with Gasteiger partial charge < -0.3 is 10.5 Å². The largest absolute Gasteiger partial charge is 0.465 e. The lowest BCUT2D eigenvalue weighted by Crippen LogP contribution is -2.06. The Kier molecular flexibility index (Phi) is 4.02. The van der Waals surface area contributed by atoms with Gasteiger partial charge in [-0.15, -0.1) is 11.8 Å². The lowest BCUT2D eigenvalue weighted by atomic mass is 10.3. The van der Waals surface area contributed by atoms with E-state index in [0.29, 0.717) is 16.4 Å². The number of hydrogen-bond acceptors (Lipinski definition) is 5. The lowest BCUT2D eigenvalue weighted by Gasteiger charge is -2.00. The molecule has 1 aromatic heterocycles. The normalized spacial score (nSPS) is 10.3. The van der Waals surface area contributed by atoms with Crippen LogP contribution < -0.4 is 5.73 Å². The molecular weight excluding hydrogens is 214 g/mol. The van der Waals surface area contributed by atoms with Gasteiger partial charge in [-0.1, -0.05) is 6.92 Å². The molecule has 1 heterocycles. The number of carbonyl (C=O) groups excluding carboxylic acids is 1. The Morgan fingerprint density at radius 2 is 2.33 bits per heavy atom. The van der Waals surface area contributed by atoms with Crippen LogP contribution in [0.5, 0.6) is 0 Å². The van der Waals surface area contributed by atoms with Crippen molar-refractivity contribution in [3.63, 3.8) is 0 Å². The summed E-state index contributed by atoms with van der Waals surface area (Å²) in [6.45, 7) is 2.07. The predicted molar refractivity (Wildman–Crippen MR) is 60.0 cm³/mol. The van der Waals surface area contributed by atoms with Gasteiger partial charge in [-0.2, -0.15) is 5.10 Å². The molecule has 1 rings (SSSR count). The SMILES string of the molecule is CCCSc1nn(C)c(N)c1C(=O)OC. The highest BCUT2D eigenvalue weighted by molar-refractivity contribution is 7.99. The van der Waals surface area contributed by atoms with E-state index in [1.165, 1.54) is 23.6 Å². The Morgan fingerprint density at radius 1 is 1.67 bits per heavy atom. The number of thioether (sulfide) groups is 1. The number of nitrogen functional groups attached to an aromatic ring is 1. The minimum Gasteiger partial charge on any atom is -0.465 e. The number of ether oxygens (including phenoxy) is 1. The van der Waals surface area contributed by atoms with Crippen LogP contribution >= 0.6 is 11.8 Å². The fourth-order valence-electron chi connectivity index (χ4n) is 1.11. The van der Waals surface area contributed by atoms with E-state index in [2.05, 4.69) is 16.8 Å². The predicted octanol–water partition coefficient (Wildman–Crippen LogP) is 1.29. The molecule has 0 aliphatic heterocycles. The molecule has 0 aliphatic rings. The maximum absolute atomic E-state index is 11.5. The first kappa shape index (κ1) is 11.9. The quantitative estimate of drug-likeness (QED) is 0.622. The van der Waals surface area contributed by atoms with E-state index in [4.69, 9.17) is 5.73 Å². The number of hydrogen-bond donors (Lipinski definition) is 1. The number of carbonyl (C=O) groups is 1. The summed E-state index contributed by atoms with van der Waals surface area (Å²) in [6, 6.07) is 0. The maximum atomic E-state index is 11.5. The van der Waals surface area contributed by atoms with Crippen molar-refractivity contribution < 1.29 is 9.53 Å². The van der Waals surface area contributed by atoms with Crippen molar-refractivity contribution in [3.05, 3.63) is 5.56 Å². The molecule has 6 heteroatoms. The number of esters is 1. The molecule has 0 aliphatic carbocycles. The summed E-state index contributed by atoms with van der Waals surface area (Å²) < 4.78 is 6.16. The highest BCUT2D eigenvalue weighted by Gasteiger charge is 2.21. The zero-order chi connectivity index (χ0) is 11.4. The minimum atomic E-state index is -0.431. The van der Waals surface area contributed by atoms with Crippen molar-refractivity contribution in [1.82, 2.24) is 9.78 Å². The minimum absolute atomic E-state index is 0.348. The summed E-state index contributed by atoms with van der Waals surface area (Å²) in [7, 11) is 3.04. The molecule has 0 spiro atoms. The van der Waals surface area contributed by atoms with E-state index < -0.39 is 5.97 Å². The van der Waals surface area contributed by atoms with Gasteiger partial charge in [-0.3, -0.25) is 4.68 Å². The van der Waals surface area contributed by atoms with Crippen molar-refractivity contribution in [1.29, 1.82) is 0 Å². The zero-order valence-corrected chi connectivity index (χ0v) is 9.93. The van der Waals surface area contributed by atoms with Crippen molar-refractivity contribution >= 4 is 23.5 Å². The van der Waals surface area contributed by atoms with Gasteiger partial charge in [0.05, 0.1) is 7.11 Å². The van der Waals surface area contributed by atoms with E-state index in [1.54, 1.807) is 7.05 Å². The summed E-state index contributed by atoms with van der Waals surface area (Å²) in [5.74, 6) is 0.820. The van der Waals surface area contributed by atoms with Crippen molar-refractivity contribution in [2.45, 2.75) is 18.4 Å². The molecular formula is C9H15N3O2S. The Morgan fingerprint density at radius 3 is 2.87 bits per heavy atom. The maximum Gasteiger partial charge on any atom is 0.344 e. The van der Waals surface area contributed by atoms with Crippen LogP contribution in [0.3, 0.4) is 0 Å². The third-order valence-corrected chi connectivity index (χ3v) is 3.06. The van der Waals surface area contributed by atoms with Gasteiger partial charge in [0.2, 0.25) is 0 Å². The monoisotopic (exact) mass is 229 g/mol. The Hall–Kier alpha value is -1.17. The van der Waals surface area contributed by atoms with Gasteiger partial charge in [-0.05, 0) is 12.2 Å². The zero-order valence-electron chi connectivity index (χ0n) is 9.11. The molecule has 0 unspecified atom stereocenters. The number of nitrogens with two attached hydrogens (primary N) is 1. The number of methoxy groups -OCH3 is 1. The Labute approximate surface area is 93.0 Å². The van der Waals surface area contributed by atoms with Crippen LogP contribution in [0.25, 0.3) is 0 Å². The van der Waals surface area contributed by atoms with Crippen molar-refractivity contribution in [3.8, 4) is 0 Å². The van der Waals surface area contributed by atoms with E-state index in [1.807, 2.05) is 0 Å². The van der Waals surface area contributed by atoms with Gasteiger partial charge in [0.1, 0.15) is 16.4 Å². The van der Waals surface area contributed by atoms with Crippen LogP contribution in [0.4, 0.5) is 5.82 Å². The molecule has 0 bridgehead atoms. The molecule has 0 aromatic carbocycles. The first-order valence-electron chi connectivity index (χ1n) is 4.65. The van der Waals surface area contributed by atoms with E-state index in [9.17, 15) is 4.79 Å². The molecule has 0 radical (unpaired) electrons. The second-order valence-corrected chi connectivity index (χ2v) is 4.11. The molecule has 0 amide bonds. The molecule has 2 N–H and O–H groups in total. The first-order valence-corrected chi connectivity index (χ1v) is 5.64. The van der Waals surface area contributed by atoms with Crippen LogP contribution in [-0.2, 0) is 11.8 Å². The van der Waals surface area contributed by atoms with Crippen LogP contribution in [-0.4, -0.2) is 28.6 Å². The number of anilines is 1. The second-order valence-electron chi connectivity index (χ2n) is 3.03. The fraction of sp³-hybridized carbons (Fsp3) is 0.556. The Balaban J connectivity index is 3.03. The summed E-state index contributed by atoms with van der Waals surface area (Å²) in [4.78, 5) is 11.5. The fourth-order valence-corrected chi connectivity index (χ4v) is 2.02. The number of nitrogens with zero attached hydrogens (tertiary/aromatic N) is 2. The van der Waals surface area contributed by atoms with Gasteiger partial charge in [0.25, 0.3) is 0 Å². The van der Waals surface area contributed by atoms with E-state index in [0.717, 1.165) is 12.2 Å². The molecule has 5 nitrogen and oxygen atoms in total. The van der Waals surface area contributed by atoms with Crippen molar-refractivity contribution in [2.24, 2.45) is 7.05 Å². The van der Waals surface area contributed by atoms with Crippen LogP contribution in [0, 0.1) is 0 Å². The van der Waals surface area contributed by atoms with E-state index >= 15 is 0 Å². The van der Waals surface area contributed by atoms with Gasteiger partial charge >= 0.3 is 5.97 Å². The smallest absolute Gasteiger partial charge is 0.344 e. The highest BCUT2D eigenvalue weighted by Crippen LogP contribution is 2.26. The number of aromatic nitrogens is 2. The summed E-state index contributed by atoms with van der Waals surface area (Å²) in [5.41, 5.74) is 6.11. The third kappa shape index (κ3) is 2.44. The van der Waals surface area contributed by atoms with Gasteiger partial charge in [0.15, 0.2) is 0 Å². The molecule has 15 heavy (non-hydrogen) atoms. The van der Waals surface area contributed by atoms with Crippen LogP contribution in [0.1, 0.15) is 23.7 Å². The highest BCUT2D eigenvalue weighted by atomic mass is 32.2. The average Bonchev–Trinajstić information content (AvgIpc) is 2.51. The molecule has 84 valence electrons. The van der Waals surface area contributed by atoms with Crippen molar-refractivity contribution in [2.75, 3.05) is 18.6 Å². The Bertz CT molecular complexity index is 362. The number of rotatable bonds is 4. The molecule has 1 aromatic rings. The second kappa shape index (κ2) is 5.06. The first-order chi connectivity index (χ1) is 7.11. The molecule has 0 saturated heterocycles. The van der Waals surface area contributed by atoms with E-state index in [-0.39, 0.29) is 0 Å². The third-order valence-electron chi connectivity index (χ3n) is 1.89. The van der Waals surface area contributed by atoms with Gasteiger partial charge in [0, 0.05) is 7.05 Å². The standard InChI is InChI=1S/C9H15N3O2S/c1-4-5-15-8-6(9(13)14-3)7(10)12(2)11-8/h4-5,10H2,1-3H3. The van der Waals surface area contributed by atoms with Crippen LogP contribution in [0.2, 0.25) is 0 Å². The molecule has 0 saturated carbocycles. The summed E-state index contributed by atoms with van der Waals surface area (Å²) in [6.07, 6.45) is 1.02. The molecule has 0 fully saturated rings. The number of aryl methyl sites for hydroxylation is 1. The summed E-state index contributed by atoms with van der Waals surface area (Å²) in [5, 5.41) is 4.81. The molecule has 0 atom stereocenters. The van der Waals surface area contributed by atoms with Gasteiger partial charge in [-0.25, -0.2) is 4.79 Å². The topological polar surface area (TPSA) is 70.1 Å².